The lowest BCUT2D eigenvalue weighted by Gasteiger charge is -2.22. The van der Waals surface area contributed by atoms with Crippen molar-refractivity contribution in [3.05, 3.63) is 53.1 Å². The first-order valence-corrected chi connectivity index (χ1v) is 7.65. The number of rotatable bonds is 3. The Hall–Kier alpha value is -2.45. The van der Waals surface area contributed by atoms with E-state index in [1.165, 1.54) is 0 Å². The van der Waals surface area contributed by atoms with Gasteiger partial charge >= 0.3 is 6.18 Å². The Morgan fingerprint density at radius 2 is 1.31 bits per heavy atom. The molecule has 0 unspecified atom stereocenters. The van der Waals surface area contributed by atoms with Crippen LogP contribution in [0.3, 0.4) is 0 Å². The average Bonchev–Trinajstić information content (AvgIpc) is 3.07. The lowest BCUT2D eigenvalue weighted by Crippen LogP contribution is -2.19. The van der Waals surface area contributed by atoms with Gasteiger partial charge in [0, 0.05) is 25.2 Å². The van der Waals surface area contributed by atoms with E-state index in [-0.39, 0.29) is 23.6 Å². The summed E-state index contributed by atoms with van der Waals surface area (Å²) in [7, 11) is 0. The molecule has 1 heterocycles. The van der Waals surface area contributed by atoms with E-state index in [0.29, 0.717) is 19.2 Å². The van der Waals surface area contributed by atoms with Crippen LogP contribution in [0.1, 0.15) is 18.4 Å². The molecule has 1 fully saturated rings. The van der Waals surface area contributed by atoms with E-state index < -0.39 is 40.8 Å². The van der Waals surface area contributed by atoms with Crippen LogP contribution in [0.4, 0.5) is 36.4 Å². The number of nitrogens with zero attached hydrogens (tertiary/aromatic N) is 1. The summed E-state index contributed by atoms with van der Waals surface area (Å²) >= 11 is 0. The number of hydrogen-bond acceptors (Lipinski definition) is 2. The Morgan fingerprint density at radius 1 is 0.769 bits per heavy atom. The summed E-state index contributed by atoms with van der Waals surface area (Å²) in [6.45, 7) is 0.999. The molecule has 26 heavy (non-hydrogen) atoms. The van der Waals surface area contributed by atoms with E-state index >= 15 is 0 Å². The van der Waals surface area contributed by atoms with E-state index in [4.69, 9.17) is 4.74 Å². The zero-order valence-corrected chi connectivity index (χ0v) is 13.1. The maximum atomic E-state index is 14.0. The van der Waals surface area contributed by atoms with E-state index in [9.17, 15) is 30.7 Å². The van der Waals surface area contributed by atoms with Crippen LogP contribution in [-0.4, -0.2) is 13.1 Å². The molecule has 2 nitrogen and oxygen atoms in total. The number of halogens is 7. The van der Waals surface area contributed by atoms with Gasteiger partial charge < -0.3 is 9.64 Å². The molecular formula is C17H12F7NO. The van der Waals surface area contributed by atoms with Gasteiger partial charge in [-0.3, -0.25) is 0 Å². The minimum Gasteiger partial charge on any atom is -0.449 e. The summed E-state index contributed by atoms with van der Waals surface area (Å²) < 4.78 is 97.9. The molecular weight excluding hydrogens is 367 g/mol. The van der Waals surface area contributed by atoms with Gasteiger partial charge in [-0.05, 0) is 25.0 Å². The van der Waals surface area contributed by atoms with Crippen molar-refractivity contribution in [1.29, 1.82) is 0 Å². The largest absolute Gasteiger partial charge is 0.449 e. The van der Waals surface area contributed by atoms with Crippen molar-refractivity contribution >= 4 is 5.69 Å². The van der Waals surface area contributed by atoms with Crippen molar-refractivity contribution in [3.8, 4) is 11.5 Å². The highest BCUT2D eigenvalue weighted by atomic mass is 19.4. The number of hydrogen-bond donors (Lipinski definition) is 0. The second-order valence-corrected chi connectivity index (χ2v) is 5.80. The number of anilines is 1. The quantitative estimate of drug-likeness (QED) is 0.639. The monoisotopic (exact) mass is 379 g/mol. The third kappa shape index (κ3) is 3.56. The van der Waals surface area contributed by atoms with Crippen molar-refractivity contribution in [1.82, 2.24) is 0 Å². The van der Waals surface area contributed by atoms with E-state index in [2.05, 4.69) is 0 Å². The van der Waals surface area contributed by atoms with E-state index in [1.807, 2.05) is 0 Å². The Morgan fingerprint density at radius 3 is 1.85 bits per heavy atom. The van der Waals surface area contributed by atoms with Crippen LogP contribution in [0.25, 0.3) is 0 Å². The van der Waals surface area contributed by atoms with Crippen LogP contribution in [0.5, 0.6) is 11.5 Å². The summed E-state index contributed by atoms with van der Waals surface area (Å²) in [5, 5.41) is 0. The molecule has 3 rings (SSSR count). The van der Waals surface area contributed by atoms with Crippen molar-refractivity contribution in [3.63, 3.8) is 0 Å². The molecule has 0 bridgehead atoms. The van der Waals surface area contributed by atoms with Gasteiger partial charge in [-0.2, -0.15) is 13.2 Å². The number of ether oxygens (including phenoxy) is 1. The topological polar surface area (TPSA) is 12.5 Å². The van der Waals surface area contributed by atoms with Gasteiger partial charge in [-0.1, -0.05) is 0 Å². The van der Waals surface area contributed by atoms with Gasteiger partial charge in [-0.15, -0.1) is 0 Å². The molecule has 9 heteroatoms. The Labute approximate surface area is 143 Å². The second kappa shape index (κ2) is 6.69. The maximum Gasteiger partial charge on any atom is 0.416 e. The summed E-state index contributed by atoms with van der Waals surface area (Å²) in [5.74, 6) is -7.19. The molecule has 0 amide bonds. The SMILES string of the molecule is Fc1cc(Oc2c(F)cc(C(F)(F)F)cc2F)c(N2CCCC2)cc1F. The summed E-state index contributed by atoms with van der Waals surface area (Å²) in [6, 6.07) is 1.59. The van der Waals surface area contributed by atoms with Gasteiger partial charge in [-0.25, -0.2) is 17.6 Å². The molecule has 1 saturated heterocycles. The summed E-state index contributed by atoms with van der Waals surface area (Å²) in [6.07, 6.45) is -3.38. The standard InChI is InChI=1S/C17H12F7NO/c18-10-7-14(25-3-1-2-4-25)15(8-11(10)19)26-16-12(20)5-9(6-13(16)21)17(22,23)24/h5-8H,1-4H2. The Balaban J connectivity index is 2.02. The van der Waals surface area contributed by atoms with Crippen molar-refractivity contribution < 1.29 is 35.5 Å². The Bertz CT molecular complexity index is 806. The first kappa shape index (κ1) is 18.3. The van der Waals surface area contributed by atoms with Gasteiger partial charge in [0.05, 0.1) is 11.3 Å². The minimum atomic E-state index is -4.94. The summed E-state index contributed by atoms with van der Waals surface area (Å²) in [4.78, 5) is 1.64. The lowest BCUT2D eigenvalue weighted by atomic mass is 10.2. The highest BCUT2D eigenvalue weighted by Gasteiger charge is 2.33. The average molecular weight is 379 g/mol. The van der Waals surface area contributed by atoms with Crippen LogP contribution in [-0.2, 0) is 6.18 Å². The normalized spacial score (nSPS) is 14.8. The minimum absolute atomic E-state index is 0.0695. The molecule has 0 radical (unpaired) electrons. The molecule has 0 spiro atoms. The second-order valence-electron chi connectivity index (χ2n) is 5.80. The molecule has 2 aromatic rings. The molecule has 2 aromatic carbocycles. The smallest absolute Gasteiger partial charge is 0.416 e. The van der Waals surface area contributed by atoms with E-state index in [1.54, 1.807) is 4.90 Å². The highest BCUT2D eigenvalue weighted by Crippen LogP contribution is 2.39. The van der Waals surface area contributed by atoms with Crippen LogP contribution >= 0.6 is 0 Å². The molecule has 0 atom stereocenters. The maximum absolute atomic E-state index is 14.0. The summed E-state index contributed by atoms with van der Waals surface area (Å²) in [5.41, 5.74) is -1.45. The fourth-order valence-electron chi connectivity index (χ4n) is 2.74. The fourth-order valence-corrected chi connectivity index (χ4v) is 2.74. The fraction of sp³-hybridized carbons (Fsp3) is 0.294. The van der Waals surface area contributed by atoms with Crippen molar-refractivity contribution in [2.75, 3.05) is 18.0 Å². The first-order chi connectivity index (χ1) is 12.2. The Kier molecular flexibility index (Phi) is 4.72. The van der Waals surface area contributed by atoms with Gasteiger partial charge in [0.15, 0.2) is 34.8 Å². The number of alkyl halides is 3. The molecule has 0 saturated carbocycles. The van der Waals surface area contributed by atoms with Crippen LogP contribution < -0.4 is 9.64 Å². The number of benzene rings is 2. The molecule has 0 aliphatic carbocycles. The third-order valence-electron chi connectivity index (χ3n) is 3.99. The van der Waals surface area contributed by atoms with E-state index in [0.717, 1.165) is 18.9 Å². The zero-order chi connectivity index (χ0) is 19.1. The van der Waals surface area contributed by atoms with Gasteiger partial charge in [0.2, 0.25) is 0 Å². The van der Waals surface area contributed by atoms with Gasteiger partial charge in [0.1, 0.15) is 0 Å². The van der Waals surface area contributed by atoms with Crippen LogP contribution in [0.2, 0.25) is 0 Å². The molecule has 140 valence electrons. The molecule has 0 aromatic heterocycles. The first-order valence-electron chi connectivity index (χ1n) is 7.65. The van der Waals surface area contributed by atoms with Gasteiger partial charge in [0.25, 0.3) is 0 Å². The molecule has 0 N–H and O–H groups in total. The predicted octanol–water partition coefficient (Wildman–Crippen LogP) is 5.65. The molecule has 1 aliphatic rings. The van der Waals surface area contributed by atoms with Crippen LogP contribution in [0, 0.1) is 23.3 Å². The van der Waals surface area contributed by atoms with Crippen molar-refractivity contribution in [2.45, 2.75) is 19.0 Å². The van der Waals surface area contributed by atoms with Crippen LogP contribution in [0.15, 0.2) is 24.3 Å². The predicted molar refractivity (Wildman–Crippen MR) is 79.2 cm³/mol. The third-order valence-corrected chi connectivity index (χ3v) is 3.99. The zero-order valence-electron chi connectivity index (χ0n) is 13.1. The molecule has 1 aliphatic heterocycles. The lowest BCUT2D eigenvalue weighted by molar-refractivity contribution is -0.138. The highest BCUT2D eigenvalue weighted by molar-refractivity contribution is 5.60. The van der Waals surface area contributed by atoms with Crippen molar-refractivity contribution in [2.24, 2.45) is 0 Å².